The van der Waals surface area contributed by atoms with Crippen molar-refractivity contribution in [2.24, 2.45) is 4.36 Å². The van der Waals surface area contributed by atoms with E-state index in [0.717, 1.165) is 17.7 Å². The van der Waals surface area contributed by atoms with E-state index in [1.54, 1.807) is 17.4 Å². The molecule has 1 amide bonds. The van der Waals surface area contributed by atoms with Crippen molar-refractivity contribution in [3.05, 3.63) is 48.0 Å². The molecule has 0 spiro atoms. The lowest BCUT2D eigenvalue weighted by molar-refractivity contribution is -0.139. The van der Waals surface area contributed by atoms with E-state index in [-0.39, 0.29) is 11.4 Å². The van der Waals surface area contributed by atoms with Crippen molar-refractivity contribution in [2.75, 3.05) is 31.0 Å². The summed E-state index contributed by atoms with van der Waals surface area (Å²) >= 11 is 0. The SMILES string of the molecule is CCc1cc(N=S(C)(C)=O)cc2ncnc(Nc3ccc(F)cc3OCC(=O)NCC(F)(F)F)c12. The number of fused-ring (bicyclic) bond motifs is 1. The van der Waals surface area contributed by atoms with E-state index in [2.05, 4.69) is 19.6 Å². The van der Waals surface area contributed by atoms with Gasteiger partial charge in [0.05, 0.1) is 16.9 Å². The van der Waals surface area contributed by atoms with Gasteiger partial charge in [0.1, 0.15) is 30.3 Å². The van der Waals surface area contributed by atoms with Crippen LogP contribution in [-0.2, 0) is 20.9 Å². The third kappa shape index (κ3) is 7.50. The zero-order valence-electron chi connectivity index (χ0n) is 19.1. The van der Waals surface area contributed by atoms with E-state index in [1.165, 1.54) is 24.9 Å². The van der Waals surface area contributed by atoms with Crippen LogP contribution >= 0.6 is 0 Å². The summed E-state index contributed by atoms with van der Waals surface area (Å²) in [5.41, 5.74) is 2.07. The van der Waals surface area contributed by atoms with Crippen molar-refractivity contribution in [2.45, 2.75) is 19.5 Å². The molecule has 2 aromatic carbocycles. The average molecular weight is 514 g/mol. The summed E-state index contributed by atoms with van der Waals surface area (Å²) < 4.78 is 72.4. The van der Waals surface area contributed by atoms with E-state index in [1.807, 2.05) is 6.92 Å². The summed E-state index contributed by atoms with van der Waals surface area (Å²) in [6, 6.07) is 6.95. The van der Waals surface area contributed by atoms with Crippen LogP contribution in [0.5, 0.6) is 5.75 Å². The number of anilines is 2. The van der Waals surface area contributed by atoms with Gasteiger partial charge in [-0.25, -0.2) is 18.6 Å². The van der Waals surface area contributed by atoms with Gasteiger partial charge in [-0.1, -0.05) is 6.92 Å². The van der Waals surface area contributed by atoms with Crippen LogP contribution in [0.15, 0.2) is 41.0 Å². The average Bonchev–Trinajstić information content (AvgIpc) is 2.75. The number of rotatable bonds is 8. The first-order valence-electron chi connectivity index (χ1n) is 10.3. The van der Waals surface area contributed by atoms with Gasteiger partial charge in [0.15, 0.2) is 6.61 Å². The first-order valence-corrected chi connectivity index (χ1v) is 12.7. The number of amides is 1. The second-order valence-electron chi connectivity index (χ2n) is 7.79. The van der Waals surface area contributed by atoms with Crippen molar-refractivity contribution in [1.29, 1.82) is 0 Å². The quantitative estimate of drug-likeness (QED) is 0.430. The van der Waals surface area contributed by atoms with Crippen LogP contribution in [0.4, 0.5) is 34.8 Å². The van der Waals surface area contributed by atoms with E-state index >= 15 is 0 Å². The van der Waals surface area contributed by atoms with Crippen LogP contribution < -0.4 is 15.4 Å². The highest BCUT2D eigenvalue weighted by atomic mass is 32.2. The summed E-state index contributed by atoms with van der Waals surface area (Å²) in [5.74, 6) is -1.43. The van der Waals surface area contributed by atoms with Gasteiger partial charge in [-0.15, -0.1) is 0 Å². The van der Waals surface area contributed by atoms with Gasteiger partial charge in [-0.2, -0.15) is 17.5 Å². The van der Waals surface area contributed by atoms with E-state index in [0.29, 0.717) is 28.8 Å². The number of alkyl halides is 3. The Bertz CT molecular complexity index is 1360. The van der Waals surface area contributed by atoms with Crippen molar-refractivity contribution in [3.63, 3.8) is 0 Å². The smallest absolute Gasteiger partial charge is 0.405 e. The third-order valence-electron chi connectivity index (χ3n) is 4.55. The Morgan fingerprint density at radius 3 is 2.57 bits per heavy atom. The molecule has 0 saturated carbocycles. The normalized spacial score (nSPS) is 11.9. The first-order chi connectivity index (χ1) is 16.3. The second-order valence-corrected chi connectivity index (χ2v) is 10.3. The Morgan fingerprint density at radius 1 is 1.17 bits per heavy atom. The number of nitrogens with zero attached hydrogens (tertiary/aromatic N) is 3. The van der Waals surface area contributed by atoms with Gasteiger partial charge < -0.3 is 15.4 Å². The van der Waals surface area contributed by atoms with Crippen LogP contribution in [0.25, 0.3) is 10.9 Å². The molecule has 8 nitrogen and oxygen atoms in total. The number of hydrogen-bond acceptors (Lipinski definition) is 7. The number of ether oxygens (including phenoxy) is 1. The number of hydrogen-bond donors (Lipinski definition) is 2. The van der Waals surface area contributed by atoms with Crippen molar-refractivity contribution >= 4 is 43.7 Å². The first kappa shape index (κ1) is 26.1. The van der Waals surface area contributed by atoms with Gasteiger partial charge in [0, 0.05) is 33.7 Å². The highest BCUT2D eigenvalue weighted by Crippen LogP contribution is 2.34. The van der Waals surface area contributed by atoms with Crippen molar-refractivity contribution in [3.8, 4) is 5.75 Å². The van der Waals surface area contributed by atoms with E-state index < -0.39 is 40.8 Å². The van der Waals surface area contributed by atoms with E-state index in [9.17, 15) is 26.6 Å². The molecule has 13 heteroatoms. The zero-order valence-corrected chi connectivity index (χ0v) is 19.9. The minimum absolute atomic E-state index is 0.0969. The number of aromatic nitrogens is 2. The van der Waals surface area contributed by atoms with Crippen molar-refractivity contribution in [1.82, 2.24) is 15.3 Å². The Morgan fingerprint density at radius 2 is 1.91 bits per heavy atom. The summed E-state index contributed by atoms with van der Waals surface area (Å²) in [4.78, 5) is 20.3. The van der Waals surface area contributed by atoms with Crippen molar-refractivity contribution < 1.29 is 31.3 Å². The predicted molar refractivity (Wildman–Crippen MR) is 125 cm³/mol. The molecule has 0 aliphatic carbocycles. The molecular formula is C22H23F4N5O3S. The highest BCUT2D eigenvalue weighted by Gasteiger charge is 2.27. The van der Waals surface area contributed by atoms with Gasteiger partial charge in [-0.05, 0) is 36.2 Å². The van der Waals surface area contributed by atoms with Crippen LogP contribution in [0.3, 0.4) is 0 Å². The molecule has 0 saturated heterocycles. The Balaban J connectivity index is 1.93. The van der Waals surface area contributed by atoms with Gasteiger partial charge >= 0.3 is 6.18 Å². The van der Waals surface area contributed by atoms with Gasteiger partial charge in [0.2, 0.25) is 0 Å². The molecular weight excluding hydrogens is 490 g/mol. The summed E-state index contributed by atoms with van der Waals surface area (Å²) in [6.07, 6.45) is 0.356. The number of carbonyl (C=O) groups excluding carboxylic acids is 1. The molecule has 3 rings (SSSR count). The Kier molecular flexibility index (Phi) is 7.78. The molecule has 188 valence electrons. The van der Waals surface area contributed by atoms with Crippen LogP contribution in [-0.4, -0.2) is 51.9 Å². The molecule has 2 N–H and O–H groups in total. The summed E-state index contributed by atoms with van der Waals surface area (Å²) in [6.45, 7) is -0.344. The summed E-state index contributed by atoms with van der Waals surface area (Å²) in [5, 5.41) is 5.35. The lowest BCUT2D eigenvalue weighted by atomic mass is 10.1. The predicted octanol–water partition coefficient (Wildman–Crippen LogP) is 4.49. The molecule has 0 fully saturated rings. The second kappa shape index (κ2) is 10.4. The number of nitrogens with one attached hydrogen (secondary N) is 2. The highest BCUT2D eigenvalue weighted by molar-refractivity contribution is 7.92. The molecule has 1 aromatic heterocycles. The van der Waals surface area contributed by atoms with Crippen LogP contribution in [0, 0.1) is 5.82 Å². The Labute approximate surface area is 199 Å². The number of carbonyl (C=O) groups is 1. The monoisotopic (exact) mass is 513 g/mol. The molecule has 0 aliphatic rings. The fourth-order valence-electron chi connectivity index (χ4n) is 3.18. The molecule has 1 heterocycles. The lowest BCUT2D eigenvalue weighted by Crippen LogP contribution is -2.36. The number of halogens is 4. The number of aryl methyl sites for hydroxylation is 1. The maximum Gasteiger partial charge on any atom is 0.405 e. The molecule has 0 atom stereocenters. The zero-order chi connectivity index (χ0) is 25.8. The maximum absolute atomic E-state index is 13.8. The minimum atomic E-state index is -4.57. The molecule has 3 aromatic rings. The minimum Gasteiger partial charge on any atom is -0.481 e. The van der Waals surface area contributed by atoms with Gasteiger partial charge in [-0.3, -0.25) is 4.79 Å². The maximum atomic E-state index is 13.8. The topological polar surface area (TPSA) is 106 Å². The largest absolute Gasteiger partial charge is 0.481 e. The molecule has 35 heavy (non-hydrogen) atoms. The lowest BCUT2D eigenvalue weighted by Gasteiger charge is -2.16. The van der Waals surface area contributed by atoms with E-state index in [4.69, 9.17) is 4.74 Å². The number of benzene rings is 2. The fourth-order valence-corrected chi connectivity index (χ4v) is 3.79. The van der Waals surface area contributed by atoms with Crippen LogP contribution in [0.1, 0.15) is 12.5 Å². The summed E-state index contributed by atoms with van der Waals surface area (Å²) in [7, 11) is -2.40. The molecule has 0 radical (unpaired) electrons. The Hall–Kier alpha value is -3.48. The molecule has 0 unspecified atom stereocenters. The molecule has 0 aliphatic heterocycles. The fraction of sp³-hybridized carbons (Fsp3) is 0.318. The third-order valence-corrected chi connectivity index (χ3v) is 5.20. The van der Waals surface area contributed by atoms with Gasteiger partial charge in [0.25, 0.3) is 5.91 Å². The standard InChI is InChI=1S/C22H23F4N5O3S/c1-4-13-7-15(31-35(2,3)33)9-17-20(13)21(29-12-28-17)30-16-6-5-14(23)8-18(16)34-10-19(32)27-11-22(24,25)26/h5-9,12H,4,10-11H2,1-3H3,(H,27,32)(H,28,29,30). The molecule has 0 bridgehead atoms. The van der Waals surface area contributed by atoms with Crippen LogP contribution in [0.2, 0.25) is 0 Å².